The summed E-state index contributed by atoms with van der Waals surface area (Å²) in [6.07, 6.45) is 10.4. The van der Waals surface area contributed by atoms with Crippen molar-refractivity contribution in [2.75, 3.05) is 6.54 Å². The monoisotopic (exact) mass is 235 g/mol. The van der Waals surface area contributed by atoms with Crippen molar-refractivity contribution in [3.8, 4) is 0 Å². The molecule has 2 saturated heterocycles. The van der Waals surface area contributed by atoms with E-state index in [1.807, 2.05) is 12.4 Å². The smallest absolute Gasteiger partial charge is 0.108 e. The molecule has 0 aromatic carbocycles. The Hall–Kier alpha value is -0.870. The van der Waals surface area contributed by atoms with E-state index in [4.69, 9.17) is 10.5 Å². The Morgan fingerprint density at radius 2 is 2.47 bits per heavy atom. The van der Waals surface area contributed by atoms with E-state index in [9.17, 15) is 0 Å². The summed E-state index contributed by atoms with van der Waals surface area (Å²) in [6.45, 7) is 0.749. The standard InChI is InChI=1S/C13H21N3O/c1-16-7-6-15-12(16)4-5-13(9-14)8-10-2-3-11(13)17-10/h6-7,10-11H,2-5,8-9,14H2,1H3. The molecule has 0 saturated carbocycles. The zero-order valence-corrected chi connectivity index (χ0v) is 10.4. The van der Waals surface area contributed by atoms with Gasteiger partial charge in [-0.05, 0) is 25.7 Å². The van der Waals surface area contributed by atoms with Crippen molar-refractivity contribution in [1.29, 1.82) is 0 Å². The van der Waals surface area contributed by atoms with Gasteiger partial charge in [0.15, 0.2) is 0 Å². The van der Waals surface area contributed by atoms with Gasteiger partial charge in [-0.2, -0.15) is 0 Å². The third-order valence-electron chi connectivity index (χ3n) is 4.60. The minimum absolute atomic E-state index is 0.217. The van der Waals surface area contributed by atoms with Gasteiger partial charge in [0.25, 0.3) is 0 Å². The summed E-state index contributed by atoms with van der Waals surface area (Å²) in [6, 6.07) is 0. The Labute approximate surface area is 102 Å². The Morgan fingerprint density at radius 3 is 3.00 bits per heavy atom. The molecule has 1 aromatic rings. The Bertz CT molecular complexity index is 403. The van der Waals surface area contributed by atoms with Crippen LogP contribution >= 0.6 is 0 Å². The molecule has 2 aliphatic heterocycles. The summed E-state index contributed by atoms with van der Waals surface area (Å²) in [5.74, 6) is 1.15. The molecule has 3 atom stereocenters. The molecular formula is C13H21N3O. The Morgan fingerprint density at radius 1 is 1.59 bits per heavy atom. The highest BCUT2D eigenvalue weighted by molar-refractivity contribution is 5.03. The van der Waals surface area contributed by atoms with Crippen LogP contribution in [0.5, 0.6) is 0 Å². The maximum atomic E-state index is 6.03. The van der Waals surface area contributed by atoms with Gasteiger partial charge >= 0.3 is 0 Å². The summed E-state index contributed by atoms with van der Waals surface area (Å²) >= 11 is 0. The van der Waals surface area contributed by atoms with Gasteiger partial charge in [-0.1, -0.05) is 0 Å². The van der Waals surface area contributed by atoms with Gasteiger partial charge in [0.05, 0.1) is 12.2 Å². The van der Waals surface area contributed by atoms with E-state index < -0.39 is 0 Å². The number of fused-ring (bicyclic) bond motifs is 2. The number of hydrogen-bond donors (Lipinski definition) is 1. The lowest BCUT2D eigenvalue weighted by Crippen LogP contribution is -2.40. The van der Waals surface area contributed by atoms with Gasteiger partial charge in [0.1, 0.15) is 5.82 Å². The highest BCUT2D eigenvalue weighted by Crippen LogP contribution is 2.49. The molecule has 3 unspecified atom stereocenters. The maximum Gasteiger partial charge on any atom is 0.108 e. The van der Waals surface area contributed by atoms with E-state index in [-0.39, 0.29) is 5.41 Å². The summed E-state index contributed by atoms with van der Waals surface area (Å²) in [7, 11) is 2.05. The van der Waals surface area contributed by atoms with Gasteiger partial charge in [-0.25, -0.2) is 4.98 Å². The van der Waals surface area contributed by atoms with Crippen LogP contribution in [0.4, 0.5) is 0 Å². The van der Waals surface area contributed by atoms with Crippen molar-refractivity contribution in [1.82, 2.24) is 9.55 Å². The second-order valence-corrected chi connectivity index (χ2v) is 5.55. The molecule has 0 amide bonds. The van der Waals surface area contributed by atoms with Crippen molar-refractivity contribution in [2.45, 2.75) is 44.3 Å². The molecule has 4 heteroatoms. The molecule has 3 heterocycles. The SMILES string of the molecule is Cn1ccnc1CCC1(CN)CC2CCC1O2. The van der Waals surface area contributed by atoms with E-state index in [2.05, 4.69) is 16.6 Å². The number of nitrogens with zero attached hydrogens (tertiary/aromatic N) is 2. The van der Waals surface area contributed by atoms with Crippen LogP contribution in [0.3, 0.4) is 0 Å². The normalized spacial score (nSPS) is 35.6. The van der Waals surface area contributed by atoms with Crippen molar-refractivity contribution < 1.29 is 4.74 Å². The number of ether oxygens (including phenoxy) is 1. The van der Waals surface area contributed by atoms with Gasteiger partial charge in [0, 0.05) is 37.8 Å². The first-order valence-corrected chi connectivity index (χ1v) is 6.55. The van der Waals surface area contributed by atoms with Crippen LogP contribution < -0.4 is 5.73 Å². The highest BCUT2D eigenvalue weighted by atomic mass is 16.5. The van der Waals surface area contributed by atoms with Gasteiger partial charge in [-0.15, -0.1) is 0 Å². The number of imidazole rings is 1. The van der Waals surface area contributed by atoms with Crippen LogP contribution in [-0.2, 0) is 18.2 Å². The first kappa shape index (κ1) is 11.2. The van der Waals surface area contributed by atoms with E-state index in [1.165, 1.54) is 12.8 Å². The highest BCUT2D eigenvalue weighted by Gasteiger charge is 2.51. The third kappa shape index (κ3) is 1.79. The molecule has 0 aliphatic carbocycles. The fraction of sp³-hybridized carbons (Fsp3) is 0.769. The predicted molar refractivity (Wildman–Crippen MR) is 65.5 cm³/mol. The molecular weight excluding hydrogens is 214 g/mol. The molecule has 17 heavy (non-hydrogen) atoms. The Balaban J connectivity index is 1.69. The van der Waals surface area contributed by atoms with Crippen LogP contribution in [0.1, 0.15) is 31.5 Å². The molecule has 0 spiro atoms. The lowest BCUT2D eigenvalue weighted by Gasteiger charge is -2.34. The summed E-state index contributed by atoms with van der Waals surface area (Å²) in [5, 5.41) is 0. The zero-order chi connectivity index (χ0) is 11.9. The first-order valence-electron chi connectivity index (χ1n) is 6.55. The fourth-order valence-electron chi connectivity index (χ4n) is 3.47. The number of rotatable bonds is 4. The average Bonchev–Trinajstić information content (AvgIpc) is 3.02. The van der Waals surface area contributed by atoms with Gasteiger partial charge < -0.3 is 15.0 Å². The second kappa shape index (κ2) is 4.10. The molecule has 1 aromatic heterocycles. The molecule has 2 bridgehead atoms. The minimum Gasteiger partial charge on any atom is -0.374 e. The number of aromatic nitrogens is 2. The van der Waals surface area contributed by atoms with Crippen LogP contribution in [0.15, 0.2) is 12.4 Å². The molecule has 4 nitrogen and oxygen atoms in total. The summed E-state index contributed by atoms with van der Waals surface area (Å²) in [4.78, 5) is 4.39. The Kier molecular flexibility index (Phi) is 2.71. The third-order valence-corrected chi connectivity index (χ3v) is 4.60. The molecule has 2 N–H and O–H groups in total. The van der Waals surface area contributed by atoms with Crippen LogP contribution in [0.25, 0.3) is 0 Å². The van der Waals surface area contributed by atoms with Gasteiger partial charge in [-0.3, -0.25) is 0 Å². The first-order chi connectivity index (χ1) is 8.23. The summed E-state index contributed by atoms with van der Waals surface area (Å²) < 4.78 is 8.07. The molecule has 94 valence electrons. The van der Waals surface area contributed by atoms with Crippen molar-refractivity contribution in [3.05, 3.63) is 18.2 Å². The number of nitrogens with two attached hydrogens (primary N) is 1. The lowest BCUT2D eigenvalue weighted by atomic mass is 9.71. The number of aryl methyl sites for hydroxylation is 2. The van der Waals surface area contributed by atoms with E-state index in [1.54, 1.807) is 0 Å². The van der Waals surface area contributed by atoms with Crippen molar-refractivity contribution >= 4 is 0 Å². The van der Waals surface area contributed by atoms with E-state index in [0.29, 0.717) is 12.2 Å². The second-order valence-electron chi connectivity index (χ2n) is 5.55. The van der Waals surface area contributed by atoms with Crippen LogP contribution in [-0.4, -0.2) is 28.3 Å². The minimum atomic E-state index is 0.217. The maximum absolute atomic E-state index is 6.03. The fourth-order valence-corrected chi connectivity index (χ4v) is 3.47. The van der Waals surface area contributed by atoms with E-state index in [0.717, 1.165) is 31.6 Å². The predicted octanol–water partition coefficient (Wildman–Crippen LogP) is 1.25. The van der Waals surface area contributed by atoms with Crippen molar-refractivity contribution in [3.63, 3.8) is 0 Å². The zero-order valence-electron chi connectivity index (χ0n) is 10.4. The van der Waals surface area contributed by atoms with Gasteiger partial charge in [0.2, 0.25) is 0 Å². The topological polar surface area (TPSA) is 53.1 Å². The molecule has 2 fully saturated rings. The van der Waals surface area contributed by atoms with Crippen LogP contribution in [0, 0.1) is 5.41 Å². The number of hydrogen-bond acceptors (Lipinski definition) is 3. The molecule has 0 radical (unpaired) electrons. The quantitative estimate of drug-likeness (QED) is 0.854. The van der Waals surface area contributed by atoms with Crippen LogP contribution in [0.2, 0.25) is 0 Å². The average molecular weight is 235 g/mol. The largest absolute Gasteiger partial charge is 0.374 e. The summed E-state index contributed by atoms with van der Waals surface area (Å²) in [5.41, 5.74) is 6.24. The molecule has 2 aliphatic rings. The lowest BCUT2D eigenvalue weighted by molar-refractivity contribution is 0.0597. The van der Waals surface area contributed by atoms with Crippen molar-refractivity contribution in [2.24, 2.45) is 18.2 Å². The molecule has 3 rings (SSSR count). The van der Waals surface area contributed by atoms with E-state index >= 15 is 0 Å².